The van der Waals surface area contributed by atoms with Crippen LogP contribution in [0.2, 0.25) is 0 Å². The molecule has 16 heavy (non-hydrogen) atoms. The molecule has 0 amide bonds. The van der Waals surface area contributed by atoms with Crippen molar-refractivity contribution in [1.29, 1.82) is 0 Å². The molecule has 2 aromatic rings. The maximum absolute atomic E-state index is 3.86. The minimum absolute atomic E-state index is 0.702. The average Bonchev–Trinajstić information content (AvgIpc) is 2.65. The van der Waals surface area contributed by atoms with Crippen LogP contribution in [0.15, 0.2) is 24.3 Å². The summed E-state index contributed by atoms with van der Waals surface area (Å²) in [4.78, 5) is 0. The van der Waals surface area contributed by atoms with Crippen LogP contribution in [-0.2, 0) is 13.5 Å². The highest BCUT2D eigenvalue weighted by molar-refractivity contribution is 5.25. The number of rotatable bonds is 4. The maximum Gasteiger partial charge on any atom is 0.242 e. The van der Waals surface area contributed by atoms with E-state index in [-0.39, 0.29) is 0 Å². The van der Waals surface area contributed by atoms with Crippen molar-refractivity contribution in [1.82, 2.24) is 20.2 Å². The van der Waals surface area contributed by atoms with Gasteiger partial charge >= 0.3 is 0 Å². The van der Waals surface area contributed by atoms with Crippen molar-refractivity contribution in [3.05, 3.63) is 35.4 Å². The summed E-state index contributed by atoms with van der Waals surface area (Å²) < 4.78 is 1.62. The van der Waals surface area contributed by atoms with Crippen LogP contribution in [0.3, 0.4) is 0 Å². The van der Waals surface area contributed by atoms with Crippen molar-refractivity contribution < 1.29 is 0 Å². The zero-order valence-corrected chi connectivity index (χ0v) is 9.51. The van der Waals surface area contributed by atoms with Gasteiger partial charge in [-0.1, -0.05) is 34.9 Å². The first-order valence-electron chi connectivity index (χ1n) is 5.27. The van der Waals surface area contributed by atoms with Crippen molar-refractivity contribution >= 4 is 5.95 Å². The van der Waals surface area contributed by atoms with E-state index in [1.807, 2.05) is 7.05 Å². The van der Waals surface area contributed by atoms with E-state index in [4.69, 9.17) is 0 Å². The fourth-order valence-electron chi connectivity index (χ4n) is 1.57. The number of anilines is 1. The molecule has 1 aromatic heterocycles. The molecule has 1 heterocycles. The molecule has 0 bridgehead atoms. The van der Waals surface area contributed by atoms with Gasteiger partial charge in [-0.2, -0.15) is 0 Å². The molecule has 0 atom stereocenters. The summed E-state index contributed by atoms with van der Waals surface area (Å²) in [7, 11) is 1.81. The Morgan fingerprint density at radius 1 is 1.38 bits per heavy atom. The van der Waals surface area contributed by atoms with Crippen molar-refractivity contribution in [2.75, 3.05) is 11.9 Å². The van der Waals surface area contributed by atoms with Crippen LogP contribution >= 0.6 is 0 Å². The van der Waals surface area contributed by atoms with Crippen LogP contribution in [0.5, 0.6) is 0 Å². The number of benzene rings is 1. The highest BCUT2D eigenvalue weighted by Crippen LogP contribution is 2.05. The van der Waals surface area contributed by atoms with Gasteiger partial charge in [0, 0.05) is 13.6 Å². The topological polar surface area (TPSA) is 55.6 Å². The molecule has 0 saturated carbocycles. The van der Waals surface area contributed by atoms with Gasteiger partial charge in [0.1, 0.15) is 0 Å². The van der Waals surface area contributed by atoms with E-state index in [2.05, 4.69) is 52.0 Å². The number of tetrazole rings is 1. The predicted octanol–water partition coefficient (Wildman–Crippen LogP) is 1.17. The van der Waals surface area contributed by atoms with Gasteiger partial charge in [0.15, 0.2) is 0 Å². The van der Waals surface area contributed by atoms with E-state index in [0.29, 0.717) is 5.95 Å². The number of hydrogen-bond acceptors (Lipinski definition) is 4. The Labute approximate surface area is 94.5 Å². The van der Waals surface area contributed by atoms with Gasteiger partial charge in [0.2, 0.25) is 5.95 Å². The number of aromatic nitrogens is 4. The first kappa shape index (κ1) is 10.6. The molecule has 2 rings (SSSR count). The minimum Gasteiger partial charge on any atom is -0.353 e. The van der Waals surface area contributed by atoms with Gasteiger partial charge in [0.25, 0.3) is 0 Å². The van der Waals surface area contributed by atoms with Crippen LogP contribution in [-0.4, -0.2) is 26.8 Å². The predicted molar refractivity (Wildman–Crippen MR) is 62.2 cm³/mol. The monoisotopic (exact) mass is 217 g/mol. The minimum atomic E-state index is 0.702. The molecule has 0 aliphatic rings. The lowest BCUT2D eigenvalue weighted by molar-refractivity contribution is 0.712. The fraction of sp³-hybridized carbons (Fsp3) is 0.364. The zero-order valence-electron chi connectivity index (χ0n) is 9.51. The molecule has 5 nitrogen and oxygen atoms in total. The first-order valence-corrected chi connectivity index (χ1v) is 5.27. The molecule has 1 N–H and O–H groups in total. The van der Waals surface area contributed by atoms with E-state index in [0.717, 1.165) is 13.0 Å². The molecular weight excluding hydrogens is 202 g/mol. The molecule has 0 aliphatic carbocycles. The SMILES string of the molecule is Cc1cccc(CCNc2nnnn2C)c1. The van der Waals surface area contributed by atoms with E-state index >= 15 is 0 Å². The third-order valence-electron chi connectivity index (χ3n) is 2.40. The Bertz CT molecular complexity index is 463. The number of nitrogens with one attached hydrogen (secondary N) is 1. The Morgan fingerprint density at radius 3 is 2.94 bits per heavy atom. The fourth-order valence-corrected chi connectivity index (χ4v) is 1.57. The van der Waals surface area contributed by atoms with E-state index in [9.17, 15) is 0 Å². The molecule has 1 aromatic carbocycles. The van der Waals surface area contributed by atoms with Crippen LogP contribution in [0, 0.1) is 6.92 Å². The summed E-state index contributed by atoms with van der Waals surface area (Å²) in [5, 5.41) is 14.4. The standard InChI is InChI=1S/C11H15N5/c1-9-4-3-5-10(8-9)6-7-12-11-13-14-15-16(11)2/h3-5,8H,6-7H2,1-2H3,(H,12,13,15). The first-order chi connectivity index (χ1) is 7.75. The van der Waals surface area contributed by atoms with Crippen molar-refractivity contribution in [3.63, 3.8) is 0 Å². The summed E-state index contributed by atoms with van der Waals surface area (Å²) in [6.45, 7) is 2.93. The zero-order chi connectivity index (χ0) is 11.4. The Kier molecular flexibility index (Phi) is 3.14. The van der Waals surface area contributed by atoms with Gasteiger partial charge in [0.05, 0.1) is 0 Å². The lowest BCUT2D eigenvalue weighted by Gasteiger charge is -2.04. The highest BCUT2D eigenvalue weighted by Gasteiger charge is 2.00. The third-order valence-corrected chi connectivity index (χ3v) is 2.40. The summed E-state index contributed by atoms with van der Waals surface area (Å²) in [5.74, 6) is 0.702. The van der Waals surface area contributed by atoms with Gasteiger partial charge in [-0.15, -0.1) is 0 Å². The molecule has 84 valence electrons. The van der Waals surface area contributed by atoms with E-state index < -0.39 is 0 Å². The van der Waals surface area contributed by atoms with E-state index in [1.165, 1.54) is 11.1 Å². The average molecular weight is 217 g/mol. The molecule has 5 heteroatoms. The number of hydrogen-bond donors (Lipinski definition) is 1. The van der Waals surface area contributed by atoms with Crippen molar-refractivity contribution in [2.24, 2.45) is 7.05 Å². The highest BCUT2D eigenvalue weighted by atomic mass is 15.6. The molecule has 0 saturated heterocycles. The quantitative estimate of drug-likeness (QED) is 0.835. The molecule has 0 radical (unpaired) electrons. The molecule has 0 spiro atoms. The second-order valence-corrected chi connectivity index (χ2v) is 3.79. The van der Waals surface area contributed by atoms with Gasteiger partial charge in [-0.3, -0.25) is 0 Å². The summed E-state index contributed by atoms with van der Waals surface area (Å²) in [6, 6.07) is 8.50. The van der Waals surface area contributed by atoms with Crippen molar-refractivity contribution in [3.8, 4) is 0 Å². The lowest BCUT2D eigenvalue weighted by Crippen LogP contribution is -2.09. The molecule has 0 aliphatic heterocycles. The van der Waals surface area contributed by atoms with Crippen LogP contribution < -0.4 is 5.32 Å². The molecule has 0 unspecified atom stereocenters. The van der Waals surface area contributed by atoms with Gasteiger partial charge in [-0.05, 0) is 29.3 Å². The summed E-state index contributed by atoms with van der Waals surface area (Å²) in [6.07, 6.45) is 0.967. The second-order valence-electron chi connectivity index (χ2n) is 3.79. The Balaban J connectivity index is 1.87. The van der Waals surface area contributed by atoms with E-state index in [1.54, 1.807) is 4.68 Å². The molecular formula is C11H15N5. The Morgan fingerprint density at radius 2 is 2.25 bits per heavy atom. The van der Waals surface area contributed by atoms with Crippen molar-refractivity contribution in [2.45, 2.75) is 13.3 Å². The number of aryl methyl sites for hydroxylation is 2. The molecule has 0 fully saturated rings. The Hall–Kier alpha value is -1.91. The van der Waals surface area contributed by atoms with Gasteiger partial charge in [-0.25, -0.2) is 4.68 Å². The smallest absolute Gasteiger partial charge is 0.242 e. The third kappa shape index (κ3) is 2.56. The summed E-state index contributed by atoms with van der Waals surface area (Å²) >= 11 is 0. The number of nitrogens with zero attached hydrogens (tertiary/aromatic N) is 4. The second kappa shape index (κ2) is 4.74. The van der Waals surface area contributed by atoms with Crippen LogP contribution in [0.1, 0.15) is 11.1 Å². The van der Waals surface area contributed by atoms with Gasteiger partial charge < -0.3 is 5.32 Å². The normalized spacial score (nSPS) is 10.4. The largest absolute Gasteiger partial charge is 0.353 e. The van der Waals surface area contributed by atoms with Crippen LogP contribution in [0.25, 0.3) is 0 Å². The lowest BCUT2D eigenvalue weighted by atomic mass is 10.1. The summed E-state index contributed by atoms with van der Waals surface area (Å²) in [5.41, 5.74) is 2.61. The van der Waals surface area contributed by atoms with Crippen LogP contribution in [0.4, 0.5) is 5.95 Å². The maximum atomic E-state index is 3.86.